The summed E-state index contributed by atoms with van der Waals surface area (Å²) >= 11 is 0. The highest BCUT2D eigenvalue weighted by Gasteiger charge is 2.53. The Kier molecular flexibility index (Phi) is 2.77. The lowest BCUT2D eigenvalue weighted by Gasteiger charge is -2.43. The predicted octanol–water partition coefficient (Wildman–Crippen LogP) is 1.90. The van der Waals surface area contributed by atoms with E-state index in [1.807, 2.05) is 6.92 Å². The summed E-state index contributed by atoms with van der Waals surface area (Å²) in [4.78, 5) is 11.8. The lowest BCUT2D eigenvalue weighted by atomic mass is 9.64. The summed E-state index contributed by atoms with van der Waals surface area (Å²) in [5.41, 5.74) is -0.271. The smallest absolute Gasteiger partial charge is 0.314 e. The molecule has 1 unspecified atom stereocenters. The second kappa shape index (κ2) is 3.89. The van der Waals surface area contributed by atoms with Crippen LogP contribution in [-0.4, -0.2) is 25.3 Å². The van der Waals surface area contributed by atoms with Gasteiger partial charge in [-0.3, -0.25) is 4.79 Å². The van der Waals surface area contributed by atoms with Gasteiger partial charge in [-0.05, 0) is 32.6 Å². The molecule has 1 saturated carbocycles. The molecule has 1 aliphatic heterocycles. The first-order valence-corrected chi connectivity index (χ1v) is 5.58. The molecule has 3 heteroatoms. The molecule has 2 aliphatic rings. The van der Waals surface area contributed by atoms with Crippen LogP contribution in [0.4, 0.5) is 0 Å². The monoisotopic (exact) mass is 198 g/mol. The Labute approximate surface area is 84.8 Å². The Bertz CT molecular complexity index is 215. The molecule has 2 rings (SSSR count). The van der Waals surface area contributed by atoms with Crippen molar-refractivity contribution in [3.8, 4) is 0 Å². The Morgan fingerprint density at radius 3 is 2.71 bits per heavy atom. The summed E-state index contributed by atoms with van der Waals surface area (Å²) < 4.78 is 10.8. The summed E-state index contributed by atoms with van der Waals surface area (Å²) in [7, 11) is 0. The minimum Gasteiger partial charge on any atom is -0.465 e. The maximum absolute atomic E-state index is 11.8. The van der Waals surface area contributed by atoms with Gasteiger partial charge in [0, 0.05) is 6.61 Å². The number of carbonyl (C=O) groups is 1. The first kappa shape index (κ1) is 9.97. The standard InChI is InChI=1S/C11H18O3/c1-2-13-10(12)11(6-4-7-11)9-5-3-8-14-9/h9H,2-8H2,1H3. The number of hydrogen-bond acceptors (Lipinski definition) is 3. The summed E-state index contributed by atoms with van der Waals surface area (Å²) in [6.45, 7) is 3.15. The maximum Gasteiger partial charge on any atom is 0.314 e. The van der Waals surface area contributed by atoms with Crippen LogP contribution in [0, 0.1) is 5.41 Å². The molecule has 0 radical (unpaired) electrons. The number of hydrogen-bond donors (Lipinski definition) is 0. The molecule has 0 spiro atoms. The van der Waals surface area contributed by atoms with Crippen molar-refractivity contribution < 1.29 is 14.3 Å². The fourth-order valence-electron chi connectivity index (χ4n) is 2.50. The average molecular weight is 198 g/mol. The van der Waals surface area contributed by atoms with Gasteiger partial charge in [0.05, 0.1) is 18.1 Å². The van der Waals surface area contributed by atoms with Crippen LogP contribution in [0.25, 0.3) is 0 Å². The summed E-state index contributed by atoms with van der Waals surface area (Å²) in [6.07, 6.45) is 5.30. The lowest BCUT2D eigenvalue weighted by Crippen LogP contribution is -2.48. The zero-order valence-electron chi connectivity index (χ0n) is 8.75. The SMILES string of the molecule is CCOC(=O)C1(C2CCCO2)CCC1. The zero-order chi connectivity index (χ0) is 10.0. The van der Waals surface area contributed by atoms with Gasteiger partial charge in [-0.25, -0.2) is 0 Å². The van der Waals surface area contributed by atoms with Crippen LogP contribution in [0.5, 0.6) is 0 Å². The molecule has 0 aromatic rings. The van der Waals surface area contributed by atoms with Crippen LogP contribution < -0.4 is 0 Å². The first-order chi connectivity index (χ1) is 6.79. The van der Waals surface area contributed by atoms with Crippen LogP contribution in [0.15, 0.2) is 0 Å². The first-order valence-electron chi connectivity index (χ1n) is 5.58. The topological polar surface area (TPSA) is 35.5 Å². The minimum atomic E-state index is -0.271. The van der Waals surface area contributed by atoms with E-state index in [0.717, 1.165) is 38.7 Å². The Morgan fingerprint density at radius 2 is 2.29 bits per heavy atom. The fraction of sp³-hybridized carbons (Fsp3) is 0.909. The van der Waals surface area contributed by atoms with Gasteiger partial charge in [0.15, 0.2) is 0 Å². The largest absolute Gasteiger partial charge is 0.465 e. The molecule has 1 saturated heterocycles. The van der Waals surface area contributed by atoms with Gasteiger partial charge in [-0.1, -0.05) is 6.42 Å². The molecule has 2 fully saturated rings. The molecule has 14 heavy (non-hydrogen) atoms. The van der Waals surface area contributed by atoms with E-state index in [9.17, 15) is 4.79 Å². The summed E-state index contributed by atoms with van der Waals surface area (Å²) in [5.74, 6) is -0.0295. The van der Waals surface area contributed by atoms with Gasteiger partial charge in [0.25, 0.3) is 0 Å². The van der Waals surface area contributed by atoms with E-state index >= 15 is 0 Å². The molecular weight excluding hydrogens is 180 g/mol. The maximum atomic E-state index is 11.8. The van der Waals surface area contributed by atoms with Gasteiger partial charge < -0.3 is 9.47 Å². The molecular formula is C11H18O3. The van der Waals surface area contributed by atoms with Crippen molar-refractivity contribution in [2.24, 2.45) is 5.41 Å². The number of carbonyl (C=O) groups excluding carboxylic acids is 1. The molecule has 0 amide bonds. The van der Waals surface area contributed by atoms with Crippen LogP contribution in [0.1, 0.15) is 39.0 Å². The number of ether oxygens (including phenoxy) is 2. The summed E-state index contributed by atoms with van der Waals surface area (Å²) in [6, 6.07) is 0. The van der Waals surface area contributed by atoms with Gasteiger partial charge in [-0.2, -0.15) is 0 Å². The number of rotatable bonds is 3. The Balaban J connectivity index is 2.04. The van der Waals surface area contributed by atoms with Crippen molar-refractivity contribution in [3.05, 3.63) is 0 Å². The van der Waals surface area contributed by atoms with Crippen LogP contribution >= 0.6 is 0 Å². The highest BCUT2D eigenvalue weighted by atomic mass is 16.5. The third-order valence-electron chi connectivity index (χ3n) is 3.47. The molecule has 0 bridgehead atoms. The van der Waals surface area contributed by atoms with Crippen molar-refractivity contribution in [2.45, 2.75) is 45.1 Å². The quantitative estimate of drug-likeness (QED) is 0.650. The van der Waals surface area contributed by atoms with Crippen molar-refractivity contribution in [2.75, 3.05) is 13.2 Å². The second-order valence-corrected chi connectivity index (χ2v) is 4.23. The minimum absolute atomic E-state index is 0.0295. The third kappa shape index (κ3) is 1.44. The fourth-order valence-corrected chi connectivity index (χ4v) is 2.50. The van der Waals surface area contributed by atoms with E-state index in [0.29, 0.717) is 6.61 Å². The molecule has 80 valence electrons. The van der Waals surface area contributed by atoms with Crippen LogP contribution in [0.3, 0.4) is 0 Å². The predicted molar refractivity (Wildman–Crippen MR) is 51.9 cm³/mol. The molecule has 1 atom stereocenters. The lowest BCUT2D eigenvalue weighted by molar-refractivity contribution is -0.173. The van der Waals surface area contributed by atoms with Crippen LogP contribution in [0.2, 0.25) is 0 Å². The molecule has 3 nitrogen and oxygen atoms in total. The highest BCUT2D eigenvalue weighted by Crippen LogP contribution is 2.48. The molecule has 1 heterocycles. The Hall–Kier alpha value is -0.570. The Morgan fingerprint density at radius 1 is 1.50 bits per heavy atom. The normalized spacial score (nSPS) is 29.6. The second-order valence-electron chi connectivity index (χ2n) is 4.23. The van der Waals surface area contributed by atoms with E-state index in [1.165, 1.54) is 0 Å². The van der Waals surface area contributed by atoms with Crippen molar-refractivity contribution in [1.29, 1.82) is 0 Å². The van der Waals surface area contributed by atoms with E-state index in [-0.39, 0.29) is 17.5 Å². The molecule has 0 aromatic carbocycles. The van der Waals surface area contributed by atoms with E-state index < -0.39 is 0 Å². The van der Waals surface area contributed by atoms with Gasteiger partial charge in [-0.15, -0.1) is 0 Å². The van der Waals surface area contributed by atoms with Crippen molar-refractivity contribution >= 4 is 5.97 Å². The van der Waals surface area contributed by atoms with Crippen molar-refractivity contribution in [3.63, 3.8) is 0 Å². The van der Waals surface area contributed by atoms with Gasteiger partial charge in [0.2, 0.25) is 0 Å². The molecule has 0 N–H and O–H groups in total. The average Bonchev–Trinajstić information content (AvgIpc) is 2.56. The van der Waals surface area contributed by atoms with E-state index in [1.54, 1.807) is 0 Å². The van der Waals surface area contributed by atoms with E-state index in [2.05, 4.69) is 0 Å². The van der Waals surface area contributed by atoms with Crippen molar-refractivity contribution in [1.82, 2.24) is 0 Å². The van der Waals surface area contributed by atoms with Gasteiger partial charge in [0.1, 0.15) is 0 Å². The van der Waals surface area contributed by atoms with E-state index in [4.69, 9.17) is 9.47 Å². The molecule has 0 aromatic heterocycles. The zero-order valence-corrected chi connectivity index (χ0v) is 8.75. The third-order valence-corrected chi connectivity index (χ3v) is 3.47. The number of esters is 1. The van der Waals surface area contributed by atoms with Gasteiger partial charge >= 0.3 is 5.97 Å². The highest BCUT2D eigenvalue weighted by molar-refractivity contribution is 5.78. The molecule has 1 aliphatic carbocycles. The van der Waals surface area contributed by atoms with Crippen LogP contribution in [-0.2, 0) is 14.3 Å². The summed E-state index contributed by atoms with van der Waals surface area (Å²) in [5, 5.41) is 0.